The Balaban J connectivity index is 2.41. The highest BCUT2D eigenvalue weighted by Crippen LogP contribution is 2.22. The van der Waals surface area contributed by atoms with E-state index in [0.717, 1.165) is 0 Å². The number of hydrogen-bond donors (Lipinski definition) is 3. The fourth-order valence-electron chi connectivity index (χ4n) is 1.63. The molecule has 1 atom stereocenters. The van der Waals surface area contributed by atoms with Crippen LogP contribution in [0.2, 0.25) is 0 Å². The fourth-order valence-corrected chi connectivity index (χ4v) is 2.39. The van der Waals surface area contributed by atoms with Crippen molar-refractivity contribution < 1.29 is 14.7 Å². The van der Waals surface area contributed by atoms with E-state index < -0.39 is 12.0 Å². The van der Waals surface area contributed by atoms with Gasteiger partial charge in [0.1, 0.15) is 17.1 Å². The molecule has 1 aromatic heterocycles. The standard InChI is InChI=1S/C13H17N3O3S/c1-8(2)11(13(18)19)15-5-3-10(17)16-12-9(7-14)4-6-20-12/h4,6,8,11,15H,3,5H2,1-2H3,(H,16,17)(H,18,19). The first kappa shape index (κ1) is 16.1. The smallest absolute Gasteiger partial charge is 0.320 e. The van der Waals surface area contributed by atoms with Crippen molar-refractivity contribution in [2.75, 3.05) is 11.9 Å². The normalized spacial score (nSPS) is 11.9. The summed E-state index contributed by atoms with van der Waals surface area (Å²) in [5.41, 5.74) is 0.432. The summed E-state index contributed by atoms with van der Waals surface area (Å²) in [5.74, 6) is -1.23. The van der Waals surface area contributed by atoms with Gasteiger partial charge in [-0.25, -0.2) is 0 Å². The summed E-state index contributed by atoms with van der Waals surface area (Å²) < 4.78 is 0. The lowest BCUT2D eigenvalue weighted by Crippen LogP contribution is -2.42. The van der Waals surface area contributed by atoms with Crippen LogP contribution in [-0.2, 0) is 9.59 Å². The maximum absolute atomic E-state index is 11.7. The second-order valence-electron chi connectivity index (χ2n) is 4.59. The van der Waals surface area contributed by atoms with Crippen LogP contribution in [-0.4, -0.2) is 29.6 Å². The van der Waals surface area contributed by atoms with Crippen LogP contribution >= 0.6 is 11.3 Å². The molecule has 0 spiro atoms. The van der Waals surface area contributed by atoms with E-state index in [9.17, 15) is 9.59 Å². The highest BCUT2D eigenvalue weighted by Gasteiger charge is 2.20. The highest BCUT2D eigenvalue weighted by atomic mass is 32.1. The summed E-state index contributed by atoms with van der Waals surface area (Å²) in [6.07, 6.45) is 0.152. The van der Waals surface area contributed by atoms with Crippen molar-refractivity contribution in [1.29, 1.82) is 5.26 Å². The van der Waals surface area contributed by atoms with Gasteiger partial charge in [0.25, 0.3) is 0 Å². The molecule has 0 aromatic carbocycles. The average molecular weight is 295 g/mol. The lowest BCUT2D eigenvalue weighted by atomic mass is 10.0. The molecule has 0 saturated heterocycles. The molecular weight excluding hydrogens is 278 g/mol. The topological polar surface area (TPSA) is 102 Å². The zero-order valence-electron chi connectivity index (χ0n) is 11.3. The molecule has 0 saturated carbocycles. The number of nitrogens with zero attached hydrogens (tertiary/aromatic N) is 1. The number of amides is 1. The zero-order chi connectivity index (χ0) is 15.1. The first-order valence-corrected chi connectivity index (χ1v) is 7.07. The SMILES string of the molecule is CC(C)C(NCCC(=O)Nc1sccc1C#N)C(=O)O. The first-order valence-electron chi connectivity index (χ1n) is 6.19. The molecule has 1 rings (SSSR count). The molecule has 7 heteroatoms. The maximum atomic E-state index is 11.7. The van der Waals surface area contributed by atoms with Gasteiger partial charge in [-0.15, -0.1) is 11.3 Å². The Kier molecular flexibility index (Phi) is 6.15. The van der Waals surface area contributed by atoms with Crippen molar-refractivity contribution in [2.45, 2.75) is 26.3 Å². The number of thiophene rings is 1. The van der Waals surface area contributed by atoms with Crippen LogP contribution in [0.25, 0.3) is 0 Å². The Morgan fingerprint density at radius 2 is 2.20 bits per heavy atom. The Morgan fingerprint density at radius 3 is 2.75 bits per heavy atom. The lowest BCUT2D eigenvalue weighted by Gasteiger charge is -2.17. The average Bonchev–Trinajstić information content (AvgIpc) is 2.80. The third-order valence-corrected chi connectivity index (χ3v) is 3.52. The van der Waals surface area contributed by atoms with Gasteiger partial charge in [0.05, 0.1) is 5.56 Å². The lowest BCUT2D eigenvalue weighted by molar-refractivity contribution is -0.140. The van der Waals surface area contributed by atoms with Crippen LogP contribution in [0.5, 0.6) is 0 Å². The highest BCUT2D eigenvalue weighted by molar-refractivity contribution is 7.14. The molecular formula is C13H17N3O3S. The minimum absolute atomic E-state index is 0.0574. The van der Waals surface area contributed by atoms with Crippen LogP contribution in [0.4, 0.5) is 5.00 Å². The van der Waals surface area contributed by atoms with E-state index in [1.54, 1.807) is 25.3 Å². The molecule has 6 nitrogen and oxygen atoms in total. The Hall–Kier alpha value is -1.91. The Morgan fingerprint density at radius 1 is 1.50 bits per heavy atom. The summed E-state index contributed by atoms with van der Waals surface area (Å²) >= 11 is 1.28. The van der Waals surface area contributed by atoms with Crippen LogP contribution in [0.15, 0.2) is 11.4 Å². The van der Waals surface area contributed by atoms with Crippen LogP contribution in [0.1, 0.15) is 25.8 Å². The Labute approximate surface area is 121 Å². The van der Waals surface area contributed by atoms with Gasteiger partial charge in [-0.1, -0.05) is 13.8 Å². The van der Waals surface area contributed by atoms with E-state index in [1.165, 1.54) is 11.3 Å². The third kappa shape index (κ3) is 4.64. The van der Waals surface area contributed by atoms with Gasteiger partial charge >= 0.3 is 5.97 Å². The van der Waals surface area contributed by atoms with Gasteiger partial charge in [0.15, 0.2) is 0 Å². The van der Waals surface area contributed by atoms with Crippen LogP contribution in [0, 0.1) is 17.2 Å². The van der Waals surface area contributed by atoms with E-state index in [2.05, 4.69) is 10.6 Å². The summed E-state index contributed by atoms with van der Waals surface area (Å²) in [5, 5.41) is 25.5. The molecule has 0 radical (unpaired) electrons. The number of hydrogen-bond acceptors (Lipinski definition) is 5. The van der Waals surface area contributed by atoms with Gasteiger partial charge in [-0.05, 0) is 17.4 Å². The second-order valence-corrected chi connectivity index (χ2v) is 5.50. The fraction of sp³-hybridized carbons (Fsp3) is 0.462. The predicted molar refractivity (Wildman–Crippen MR) is 76.5 cm³/mol. The molecule has 20 heavy (non-hydrogen) atoms. The largest absolute Gasteiger partial charge is 0.480 e. The summed E-state index contributed by atoms with van der Waals surface area (Å²) in [4.78, 5) is 22.7. The number of carbonyl (C=O) groups excluding carboxylic acids is 1. The molecule has 0 bridgehead atoms. The second kappa shape index (κ2) is 7.62. The van der Waals surface area contributed by atoms with Crippen LogP contribution < -0.4 is 10.6 Å². The number of rotatable bonds is 7. The van der Waals surface area contributed by atoms with E-state index in [-0.39, 0.29) is 24.8 Å². The van der Waals surface area contributed by atoms with E-state index >= 15 is 0 Å². The van der Waals surface area contributed by atoms with Crippen LogP contribution in [0.3, 0.4) is 0 Å². The number of nitrogens with one attached hydrogen (secondary N) is 2. The quantitative estimate of drug-likeness (QED) is 0.710. The van der Waals surface area contributed by atoms with Crippen molar-refractivity contribution in [3.63, 3.8) is 0 Å². The molecule has 1 amide bonds. The first-order chi connectivity index (χ1) is 9.45. The summed E-state index contributed by atoms with van der Waals surface area (Å²) in [6.45, 7) is 3.88. The molecule has 108 valence electrons. The third-order valence-electron chi connectivity index (χ3n) is 2.69. The van der Waals surface area contributed by atoms with Crippen molar-refractivity contribution >= 4 is 28.2 Å². The molecule has 0 aliphatic heterocycles. The minimum atomic E-state index is -0.926. The van der Waals surface area contributed by atoms with E-state index in [0.29, 0.717) is 10.6 Å². The molecule has 0 aliphatic carbocycles. The van der Waals surface area contributed by atoms with Gasteiger partial charge in [0.2, 0.25) is 5.91 Å². The number of nitriles is 1. The number of carboxylic acid groups (broad SMARTS) is 1. The maximum Gasteiger partial charge on any atom is 0.320 e. The van der Waals surface area contributed by atoms with Gasteiger partial charge in [-0.3, -0.25) is 9.59 Å². The summed E-state index contributed by atoms with van der Waals surface area (Å²) in [7, 11) is 0. The van der Waals surface area contributed by atoms with E-state index in [4.69, 9.17) is 10.4 Å². The number of aliphatic carboxylic acids is 1. The van der Waals surface area contributed by atoms with Crippen molar-refractivity contribution in [2.24, 2.45) is 5.92 Å². The zero-order valence-corrected chi connectivity index (χ0v) is 12.2. The Bertz CT molecular complexity index is 519. The monoisotopic (exact) mass is 295 g/mol. The van der Waals surface area contributed by atoms with E-state index in [1.807, 2.05) is 6.07 Å². The van der Waals surface area contributed by atoms with Gasteiger partial charge < -0.3 is 15.7 Å². The summed E-state index contributed by atoms with van der Waals surface area (Å²) in [6, 6.07) is 2.96. The molecule has 0 fully saturated rings. The van der Waals surface area contributed by atoms with Crippen molar-refractivity contribution in [3.8, 4) is 6.07 Å². The number of anilines is 1. The predicted octanol–water partition coefficient (Wildman–Crippen LogP) is 1.65. The number of carboxylic acids is 1. The molecule has 1 heterocycles. The molecule has 1 unspecified atom stereocenters. The van der Waals surface area contributed by atoms with Gasteiger partial charge in [0, 0.05) is 13.0 Å². The molecule has 0 aliphatic rings. The number of carbonyl (C=O) groups is 2. The van der Waals surface area contributed by atoms with Crippen molar-refractivity contribution in [3.05, 3.63) is 17.0 Å². The van der Waals surface area contributed by atoms with Crippen molar-refractivity contribution in [1.82, 2.24) is 5.32 Å². The molecule has 3 N–H and O–H groups in total. The molecule has 1 aromatic rings. The minimum Gasteiger partial charge on any atom is -0.480 e. The van der Waals surface area contributed by atoms with Gasteiger partial charge in [-0.2, -0.15) is 5.26 Å².